The van der Waals surface area contributed by atoms with Crippen molar-refractivity contribution in [2.45, 2.75) is 0 Å². The Morgan fingerprint density at radius 1 is 1.33 bits per heavy atom. The third-order valence-corrected chi connectivity index (χ3v) is 1.76. The number of hydrogen-bond acceptors (Lipinski definition) is 2. The molecule has 2 heteroatoms. The van der Waals surface area contributed by atoms with E-state index in [-0.39, 0.29) is 0 Å². The molecule has 2 rings (SSSR count). The van der Waals surface area contributed by atoms with E-state index < -0.39 is 0 Å². The predicted octanol–water partition coefficient (Wildman–Crippen LogP) is 2.04. The fourth-order valence-corrected chi connectivity index (χ4v) is 1.19. The van der Waals surface area contributed by atoms with Gasteiger partial charge in [-0.25, -0.2) is 4.98 Å². The zero-order chi connectivity index (χ0) is 8.39. The lowest BCUT2D eigenvalue weighted by atomic mass is 10.2. The van der Waals surface area contributed by atoms with Gasteiger partial charge in [0.25, 0.3) is 0 Å². The highest BCUT2D eigenvalue weighted by Crippen LogP contribution is 2.21. The van der Waals surface area contributed by atoms with Crippen LogP contribution in [0.15, 0.2) is 30.3 Å². The SMILES string of the molecule is COc1cccc2cc[c]nc12. The summed E-state index contributed by atoms with van der Waals surface area (Å²) in [6, 6.07) is 9.59. The molecule has 1 heterocycles. The smallest absolute Gasteiger partial charge is 0.145 e. The van der Waals surface area contributed by atoms with Crippen molar-refractivity contribution in [3.05, 3.63) is 36.5 Å². The van der Waals surface area contributed by atoms with Crippen LogP contribution in [0, 0.1) is 6.20 Å². The maximum atomic E-state index is 5.14. The first-order valence-corrected chi connectivity index (χ1v) is 3.71. The van der Waals surface area contributed by atoms with E-state index >= 15 is 0 Å². The van der Waals surface area contributed by atoms with E-state index in [1.165, 1.54) is 0 Å². The summed E-state index contributed by atoms with van der Waals surface area (Å²) < 4.78 is 5.14. The van der Waals surface area contributed by atoms with Crippen molar-refractivity contribution in [2.75, 3.05) is 7.11 Å². The van der Waals surface area contributed by atoms with E-state index in [1.54, 1.807) is 13.2 Å². The summed E-state index contributed by atoms with van der Waals surface area (Å²) in [6.07, 6.45) is 2.78. The largest absolute Gasteiger partial charge is 0.494 e. The van der Waals surface area contributed by atoms with E-state index in [2.05, 4.69) is 11.2 Å². The van der Waals surface area contributed by atoms with Gasteiger partial charge in [0.05, 0.1) is 13.3 Å². The van der Waals surface area contributed by atoms with E-state index in [0.29, 0.717) is 0 Å². The molecule has 0 amide bonds. The second-order valence-electron chi connectivity index (χ2n) is 2.47. The first-order valence-electron chi connectivity index (χ1n) is 3.71. The molecule has 0 fully saturated rings. The van der Waals surface area contributed by atoms with Crippen LogP contribution >= 0.6 is 0 Å². The van der Waals surface area contributed by atoms with Gasteiger partial charge in [0.15, 0.2) is 0 Å². The fourth-order valence-electron chi connectivity index (χ4n) is 1.19. The summed E-state index contributed by atoms with van der Waals surface area (Å²) in [5.74, 6) is 0.796. The monoisotopic (exact) mass is 158 g/mol. The molecular weight excluding hydrogens is 150 g/mol. The summed E-state index contributed by atoms with van der Waals surface area (Å²) in [4.78, 5) is 4.10. The third-order valence-electron chi connectivity index (χ3n) is 1.76. The molecule has 0 aliphatic carbocycles. The quantitative estimate of drug-likeness (QED) is 0.633. The van der Waals surface area contributed by atoms with Crippen molar-refractivity contribution in [3.63, 3.8) is 0 Å². The highest BCUT2D eigenvalue weighted by atomic mass is 16.5. The van der Waals surface area contributed by atoms with Gasteiger partial charge in [-0.05, 0) is 12.1 Å². The van der Waals surface area contributed by atoms with Crippen LogP contribution < -0.4 is 4.74 Å². The molecule has 1 aromatic heterocycles. The Balaban J connectivity index is 2.79. The Hall–Kier alpha value is -1.57. The van der Waals surface area contributed by atoms with E-state index in [1.807, 2.05) is 24.3 Å². The first kappa shape index (κ1) is 7.10. The fraction of sp³-hybridized carbons (Fsp3) is 0.100. The number of methoxy groups -OCH3 is 1. The van der Waals surface area contributed by atoms with Gasteiger partial charge < -0.3 is 4.74 Å². The van der Waals surface area contributed by atoms with Crippen LogP contribution in [0.25, 0.3) is 10.9 Å². The highest BCUT2D eigenvalue weighted by Gasteiger charge is 1.99. The maximum Gasteiger partial charge on any atom is 0.145 e. The van der Waals surface area contributed by atoms with Crippen molar-refractivity contribution in [2.24, 2.45) is 0 Å². The number of fused-ring (bicyclic) bond motifs is 1. The summed E-state index contributed by atoms with van der Waals surface area (Å²) in [7, 11) is 1.64. The minimum atomic E-state index is 0.796. The zero-order valence-electron chi connectivity index (χ0n) is 6.74. The topological polar surface area (TPSA) is 22.1 Å². The van der Waals surface area contributed by atoms with E-state index in [4.69, 9.17) is 4.74 Å². The summed E-state index contributed by atoms with van der Waals surface area (Å²) in [5.41, 5.74) is 0.863. The number of benzene rings is 1. The Morgan fingerprint density at radius 2 is 2.25 bits per heavy atom. The number of ether oxygens (including phenoxy) is 1. The highest BCUT2D eigenvalue weighted by molar-refractivity contribution is 5.83. The summed E-state index contributed by atoms with van der Waals surface area (Å²) in [6.45, 7) is 0. The zero-order valence-corrected chi connectivity index (χ0v) is 6.74. The molecular formula is C10H8NO. The van der Waals surface area contributed by atoms with E-state index in [0.717, 1.165) is 16.7 Å². The lowest BCUT2D eigenvalue weighted by Gasteiger charge is -2.01. The average Bonchev–Trinajstić information content (AvgIpc) is 2.17. The van der Waals surface area contributed by atoms with Gasteiger partial charge in [-0.15, -0.1) is 0 Å². The van der Waals surface area contributed by atoms with Gasteiger partial charge in [0.1, 0.15) is 11.3 Å². The lowest BCUT2D eigenvalue weighted by molar-refractivity contribution is 0.419. The van der Waals surface area contributed by atoms with Crippen molar-refractivity contribution in [1.82, 2.24) is 4.98 Å². The van der Waals surface area contributed by atoms with Crippen LogP contribution in [-0.4, -0.2) is 12.1 Å². The molecule has 0 spiro atoms. The minimum Gasteiger partial charge on any atom is -0.494 e. The molecule has 0 atom stereocenters. The van der Waals surface area contributed by atoms with Gasteiger partial charge in [0, 0.05) is 5.39 Å². The molecule has 2 nitrogen and oxygen atoms in total. The maximum absolute atomic E-state index is 5.14. The molecule has 0 saturated carbocycles. The molecule has 0 aliphatic heterocycles. The van der Waals surface area contributed by atoms with Crippen molar-refractivity contribution >= 4 is 10.9 Å². The normalized spacial score (nSPS) is 10.1. The number of rotatable bonds is 1. The lowest BCUT2D eigenvalue weighted by Crippen LogP contribution is -1.86. The average molecular weight is 158 g/mol. The molecule has 1 aromatic carbocycles. The molecule has 2 aromatic rings. The van der Waals surface area contributed by atoms with Crippen molar-refractivity contribution < 1.29 is 4.74 Å². The molecule has 12 heavy (non-hydrogen) atoms. The van der Waals surface area contributed by atoms with Gasteiger partial charge in [0.2, 0.25) is 0 Å². The number of para-hydroxylation sites is 1. The predicted molar refractivity (Wildman–Crippen MR) is 47.1 cm³/mol. The van der Waals surface area contributed by atoms with Crippen LogP contribution in [0.2, 0.25) is 0 Å². The standard InChI is InChI=1S/C10H8NO/c1-12-9-6-2-4-8-5-3-7-11-10(8)9/h2-6H,1H3. The molecule has 0 aliphatic rings. The summed E-state index contributed by atoms with van der Waals surface area (Å²) >= 11 is 0. The molecule has 0 saturated heterocycles. The van der Waals surface area contributed by atoms with Gasteiger partial charge in [-0.3, -0.25) is 0 Å². The first-order chi connectivity index (χ1) is 5.92. The molecule has 0 unspecified atom stereocenters. The van der Waals surface area contributed by atoms with Crippen LogP contribution in [0.5, 0.6) is 5.75 Å². The molecule has 0 bridgehead atoms. The number of pyridine rings is 1. The minimum absolute atomic E-state index is 0.796. The second-order valence-corrected chi connectivity index (χ2v) is 2.47. The van der Waals surface area contributed by atoms with Crippen LogP contribution in [0.1, 0.15) is 0 Å². The third kappa shape index (κ3) is 1.01. The Labute approximate surface area is 70.8 Å². The number of aromatic nitrogens is 1. The number of hydrogen-bond donors (Lipinski definition) is 0. The summed E-state index contributed by atoms with van der Waals surface area (Å²) in [5, 5.41) is 1.08. The molecule has 1 radical (unpaired) electrons. The van der Waals surface area contributed by atoms with Gasteiger partial charge in [-0.1, -0.05) is 18.2 Å². The Bertz CT molecular complexity index is 392. The van der Waals surface area contributed by atoms with Crippen LogP contribution in [-0.2, 0) is 0 Å². The van der Waals surface area contributed by atoms with E-state index in [9.17, 15) is 0 Å². The Morgan fingerprint density at radius 3 is 3.08 bits per heavy atom. The van der Waals surface area contributed by atoms with Crippen molar-refractivity contribution in [3.8, 4) is 5.75 Å². The van der Waals surface area contributed by atoms with Crippen LogP contribution in [0.3, 0.4) is 0 Å². The van der Waals surface area contributed by atoms with Gasteiger partial charge >= 0.3 is 0 Å². The second kappa shape index (κ2) is 2.81. The molecule has 59 valence electrons. The van der Waals surface area contributed by atoms with Crippen molar-refractivity contribution in [1.29, 1.82) is 0 Å². The van der Waals surface area contributed by atoms with Crippen LogP contribution in [0.4, 0.5) is 0 Å². The van der Waals surface area contributed by atoms with Gasteiger partial charge in [-0.2, -0.15) is 0 Å². The number of nitrogens with zero attached hydrogens (tertiary/aromatic N) is 1. The Kier molecular flexibility index (Phi) is 1.67. The molecule has 0 N–H and O–H groups in total.